The number of aromatic amines is 2. The van der Waals surface area contributed by atoms with Gasteiger partial charge in [0.2, 0.25) is 0 Å². The third-order valence-corrected chi connectivity index (χ3v) is 5.64. The summed E-state index contributed by atoms with van der Waals surface area (Å²) < 4.78 is 0. The van der Waals surface area contributed by atoms with Gasteiger partial charge in [-0.15, -0.1) is 10.2 Å². The molecule has 0 aliphatic rings. The Bertz CT molecular complexity index is 1490. The van der Waals surface area contributed by atoms with Crippen LogP contribution in [0.15, 0.2) is 84.9 Å². The molecule has 4 aromatic carbocycles. The first kappa shape index (κ1) is 18.1. The molecule has 0 radical (unpaired) electrons. The molecule has 2 aromatic heterocycles. The van der Waals surface area contributed by atoms with Crippen molar-refractivity contribution in [3.8, 4) is 22.3 Å². The van der Waals surface area contributed by atoms with E-state index in [1.165, 1.54) is 0 Å². The summed E-state index contributed by atoms with van der Waals surface area (Å²) in [7, 11) is 0. The van der Waals surface area contributed by atoms with E-state index in [1.54, 1.807) is 0 Å². The average Bonchev–Trinajstić information content (AvgIpc) is 3.53. The van der Waals surface area contributed by atoms with Gasteiger partial charge in [0.05, 0.1) is 11.0 Å². The van der Waals surface area contributed by atoms with Gasteiger partial charge in [-0.1, -0.05) is 83.2 Å². The van der Waals surface area contributed by atoms with E-state index >= 15 is 0 Å². The van der Waals surface area contributed by atoms with Crippen LogP contribution in [0, 0.1) is 0 Å². The fourth-order valence-electron chi connectivity index (χ4n) is 4.15. The molecule has 0 saturated heterocycles. The molecular formula is C25H16N6O. The van der Waals surface area contributed by atoms with Crippen molar-refractivity contribution < 1.29 is 4.79 Å². The molecular weight excluding hydrogens is 400 g/mol. The Kier molecular flexibility index (Phi) is 4.11. The lowest BCUT2D eigenvalue weighted by Crippen LogP contribution is -2.06. The van der Waals surface area contributed by atoms with Crippen molar-refractivity contribution >= 4 is 27.9 Å². The van der Waals surface area contributed by atoms with Crippen LogP contribution >= 0.6 is 0 Å². The van der Waals surface area contributed by atoms with E-state index in [4.69, 9.17) is 0 Å². The SMILES string of the molecule is O=C(c1ccccc1-c1cccc2[nH]nnc12)c1ccccc1-c1cccc2[nH]nnc12. The topological polar surface area (TPSA) is 100 Å². The molecule has 0 fully saturated rings. The van der Waals surface area contributed by atoms with Gasteiger partial charge in [-0.2, -0.15) is 0 Å². The van der Waals surface area contributed by atoms with Gasteiger partial charge in [-0.25, -0.2) is 0 Å². The van der Waals surface area contributed by atoms with Crippen molar-refractivity contribution in [1.29, 1.82) is 0 Å². The number of carbonyl (C=O) groups excluding carboxylic acids is 1. The molecule has 0 spiro atoms. The lowest BCUT2D eigenvalue weighted by atomic mass is 9.89. The van der Waals surface area contributed by atoms with Crippen molar-refractivity contribution in [2.24, 2.45) is 0 Å². The summed E-state index contributed by atoms with van der Waals surface area (Å²) in [6.45, 7) is 0. The van der Waals surface area contributed by atoms with E-state index < -0.39 is 0 Å². The van der Waals surface area contributed by atoms with Crippen molar-refractivity contribution in [2.75, 3.05) is 0 Å². The minimum Gasteiger partial charge on any atom is -0.289 e. The molecule has 7 heteroatoms. The number of hydrogen-bond donors (Lipinski definition) is 2. The van der Waals surface area contributed by atoms with Gasteiger partial charge < -0.3 is 0 Å². The van der Waals surface area contributed by atoms with Gasteiger partial charge in [0.1, 0.15) is 11.0 Å². The van der Waals surface area contributed by atoms with Gasteiger partial charge in [0, 0.05) is 22.3 Å². The number of aromatic nitrogens is 6. The van der Waals surface area contributed by atoms with Gasteiger partial charge in [-0.05, 0) is 23.3 Å². The zero-order valence-corrected chi connectivity index (χ0v) is 16.8. The number of hydrogen-bond acceptors (Lipinski definition) is 5. The highest BCUT2D eigenvalue weighted by atomic mass is 16.1. The second kappa shape index (κ2) is 7.24. The number of nitrogens with zero attached hydrogens (tertiary/aromatic N) is 4. The molecule has 2 N–H and O–H groups in total. The van der Waals surface area contributed by atoms with Crippen LogP contribution in [0.2, 0.25) is 0 Å². The Morgan fingerprint density at radius 2 is 0.969 bits per heavy atom. The predicted molar refractivity (Wildman–Crippen MR) is 122 cm³/mol. The number of H-pyrrole nitrogens is 2. The number of benzene rings is 4. The fourth-order valence-corrected chi connectivity index (χ4v) is 4.15. The number of fused-ring (bicyclic) bond motifs is 2. The third-order valence-electron chi connectivity index (χ3n) is 5.64. The maximum Gasteiger partial charge on any atom is 0.194 e. The van der Waals surface area contributed by atoms with Crippen LogP contribution in [-0.2, 0) is 0 Å². The number of ketones is 1. The predicted octanol–water partition coefficient (Wildman–Crippen LogP) is 4.79. The first-order valence-corrected chi connectivity index (χ1v) is 10.1. The second-order valence-electron chi connectivity index (χ2n) is 7.45. The van der Waals surface area contributed by atoms with Gasteiger partial charge in [0.25, 0.3) is 0 Å². The number of rotatable bonds is 4. The molecule has 7 nitrogen and oxygen atoms in total. The summed E-state index contributed by atoms with van der Waals surface area (Å²) in [5.74, 6) is -0.0720. The summed E-state index contributed by atoms with van der Waals surface area (Å²) in [5, 5.41) is 22.1. The van der Waals surface area contributed by atoms with Crippen molar-refractivity contribution in [1.82, 2.24) is 30.8 Å². The molecule has 0 aliphatic heterocycles. The van der Waals surface area contributed by atoms with Crippen LogP contribution in [-0.4, -0.2) is 36.6 Å². The smallest absolute Gasteiger partial charge is 0.194 e. The Morgan fingerprint density at radius 1 is 0.531 bits per heavy atom. The molecule has 32 heavy (non-hydrogen) atoms. The highest BCUT2D eigenvalue weighted by molar-refractivity contribution is 6.17. The largest absolute Gasteiger partial charge is 0.289 e. The fraction of sp³-hybridized carbons (Fsp3) is 0. The maximum atomic E-state index is 13.9. The first-order chi connectivity index (χ1) is 15.8. The zero-order chi connectivity index (χ0) is 21.5. The van der Waals surface area contributed by atoms with Crippen LogP contribution in [0.4, 0.5) is 0 Å². The Morgan fingerprint density at radius 3 is 1.47 bits per heavy atom. The molecule has 2 heterocycles. The van der Waals surface area contributed by atoms with Crippen LogP contribution in [0.5, 0.6) is 0 Å². The quantitative estimate of drug-likeness (QED) is 0.402. The Labute approximate surface area is 182 Å². The molecule has 6 aromatic rings. The zero-order valence-electron chi connectivity index (χ0n) is 16.8. The minimum atomic E-state index is -0.0720. The highest BCUT2D eigenvalue weighted by Crippen LogP contribution is 2.34. The highest BCUT2D eigenvalue weighted by Gasteiger charge is 2.21. The summed E-state index contributed by atoms with van der Waals surface area (Å²) >= 11 is 0. The van der Waals surface area contributed by atoms with E-state index in [0.29, 0.717) is 11.1 Å². The second-order valence-corrected chi connectivity index (χ2v) is 7.45. The summed E-state index contributed by atoms with van der Waals surface area (Å²) in [5.41, 5.74) is 7.64. The van der Waals surface area contributed by atoms with E-state index in [0.717, 1.165) is 44.3 Å². The minimum absolute atomic E-state index is 0.0720. The average molecular weight is 416 g/mol. The van der Waals surface area contributed by atoms with Crippen LogP contribution in [0.3, 0.4) is 0 Å². The normalized spacial score (nSPS) is 11.2. The van der Waals surface area contributed by atoms with Crippen molar-refractivity contribution in [3.05, 3.63) is 96.1 Å². The van der Waals surface area contributed by atoms with E-state index in [-0.39, 0.29) is 5.78 Å². The van der Waals surface area contributed by atoms with Crippen molar-refractivity contribution in [2.45, 2.75) is 0 Å². The Balaban J connectivity index is 1.54. The molecule has 0 atom stereocenters. The maximum absolute atomic E-state index is 13.9. The third kappa shape index (κ3) is 2.79. The lowest BCUT2D eigenvalue weighted by molar-refractivity contribution is 0.104. The van der Waals surface area contributed by atoms with E-state index in [2.05, 4.69) is 30.8 Å². The van der Waals surface area contributed by atoms with Crippen LogP contribution in [0.25, 0.3) is 44.3 Å². The number of carbonyl (C=O) groups is 1. The van der Waals surface area contributed by atoms with E-state index in [1.807, 2.05) is 84.9 Å². The van der Waals surface area contributed by atoms with Crippen molar-refractivity contribution in [3.63, 3.8) is 0 Å². The van der Waals surface area contributed by atoms with Gasteiger partial charge in [0.15, 0.2) is 5.78 Å². The van der Waals surface area contributed by atoms with Gasteiger partial charge >= 0.3 is 0 Å². The van der Waals surface area contributed by atoms with Crippen LogP contribution in [0.1, 0.15) is 15.9 Å². The first-order valence-electron chi connectivity index (χ1n) is 10.1. The summed E-state index contributed by atoms with van der Waals surface area (Å²) in [6, 6.07) is 26.8. The number of nitrogens with one attached hydrogen (secondary N) is 2. The van der Waals surface area contributed by atoms with Gasteiger partial charge in [-0.3, -0.25) is 15.0 Å². The molecule has 0 aliphatic carbocycles. The standard InChI is InChI=1S/C25H16N6O/c32-25(19-9-3-1-7-15(19)17-11-5-13-21-23(17)28-30-26-21)20-10-4-2-8-16(20)18-12-6-14-22-24(18)29-31-27-22/h1-14H,(H,26,28,30)(H,27,29,31). The molecule has 0 saturated carbocycles. The molecule has 152 valence electrons. The summed E-state index contributed by atoms with van der Waals surface area (Å²) in [6.07, 6.45) is 0. The molecule has 0 unspecified atom stereocenters. The monoisotopic (exact) mass is 416 g/mol. The van der Waals surface area contributed by atoms with E-state index in [9.17, 15) is 4.79 Å². The summed E-state index contributed by atoms with van der Waals surface area (Å²) in [4.78, 5) is 13.9. The molecule has 0 amide bonds. The Hall–Kier alpha value is -4.65. The van der Waals surface area contributed by atoms with Crippen LogP contribution < -0.4 is 0 Å². The lowest BCUT2D eigenvalue weighted by Gasteiger charge is -2.13. The molecule has 6 rings (SSSR count). The molecule has 0 bridgehead atoms.